The Morgan fingerprint density at radius 3 is 2.56 bits per heavy atom. The van der Waals surface area contributed by atoms with Crippen LogP contribution in [0, 0.1) is 11.3 Å². The fourth-order valence-corrected chi connectivity index (χ4v) is 3.95. The molecule has 3 rings (SSSR count). The molecule has 2 aromatic carbocycles. The fourth-order valence-electron chi connectivity index (χ4n) is 2.23. The highest BCUT2D eigenvalue weighted by atomic mass is 79.9. The zero-order valence-corrected chi connectivity index (χ0v) is 16.4. The highest BCUT2D eigenvalue weighted by molar-refractivity contribution is 9.10. The van der Waals surface area contributed by atoms with E-state index in [0.29, 0.717) is 37.4 Å². The van der Waals surface area contributed by atoms with Crippen LogP contribution in [-0.4, -0.2) is 5.78 Å². The molecular formula is C18H9BrCl2N2OS. The van der Waals surface area contributed by atoms with Crippen molar-refractivity contribution in [3.8, 4) is 6.07 Å². The molecule has 0 aliphatic rings. The number of thiophene rings is 1. The molecule has 0 atom stereocenters. The van der Waals surface area contributed by atoms with Crippen LogP contribution in [0.25, 0.3) is 0 Å². The van der Waals surface area contributed by atoms with Crippen LogP contribution < -0.4 is 5.32 Å². The largest absolute Gasteiger partial charge is 0.354 e. The number of carbonyl (C=O) groups excluding carboxylic acids is 1. The number of halogens is 3. The summed E-state index contributed by atoms with van der Waals surface area (Å²) in [5.41, 5.74) is 2.21. The summed E-state index contributed by atoms with van der Waals surface area (Å²) in [6, 6.07) is 14.2. The lowest BCUT2D eigenvalue weighted by Gasteiger charge is -2.10. The smallest absolute Gasteiger partial charge is 0.205 e. The molecule has 0 bridgehead atoms. The molecule has 0 amide bonds. The number of nitrogens with one attached hydrogen (secondary N) is 1. The van der Waals surface area contributed by atoms with Crippen molar-refractivity contribution in [3.63, 3.8) is 0 Å². The van der Waals surface area contributed by atoms with E-state index in [4.69, 9.17) is 23.2 Å². The summed E-state index contributed by atoms with van der Waals surface area (Å²) >= 11 is 16.9. The number of nitrogens with zero attached hydrogens (tertiary/aromatic N) is 1. The second kappa shape index (κ2) is 7.59. The topological polar surface area (TPSA) is 52.9 Å². The van der Waals surface area contributed by atoms with Gasteiger partial charge >= 0.3 is 0 Å². The second-order valence-corrected chi connectivity index (χ2v) is 7.69. The van der Waals surface area contributed by atoms with Gasteiger partial charge in [0.05, 0.1) is 26.2 Å². The molecule has 3 aromatic rings. The first-order valence-corrected chi connectivity index (χ1v) is 9.46. The van der Waals surface area contributed by atoms with E-state index in [-0.39, 0.29) is 5.78 Å². The fraction of sp³-hybridized carbons (Fsp3) is 0. The molecule has 0 spiro atoms. The molecule has 1 heterocycles. The minimum absolute atomic E-state index is 0.210. The molecule has 25 heavy (non-hydrogen) atoms. The van der Waals surface area contributed by atoms with Gasteiger partial charge in [0.2, 0.25) is 5.78 Å². The molecule has 124 valence electrons. The van der Waals surface area contributed by atoms with E-state index in [1.54, 1.807) is 41.8 Å². The Morgan fingerprint density at radius 2 is 1.92 bits per heavy atom. The molecule has 0 radical (unpaired) electrons. The molecule has 1 N–H and O–H groups in total. The summed E-state index contributed by atoms with van der Waals surface area (Å²) in [6.45, 7) is 0. The summed E-state index contributed by atoms with van der Waals surface area (Å²) in [6.07, 6.45) is 0. The third-order valence-electron chi connectivity index (χ3n) is 3.42. The van der Waals surface area contributed by atoms with E-state index in [9.17, 15) is 10.1 Å². The van der Waals surface area contributed by atoms with E-state index in [2.05, 4.69) is 27.3 Å². The van der Waals surface area contributed by atoms with Crippen molar-refractivity contribution in [3.05, 3.63) is 78.4 Å². The van der Waals surface area contributed by atoms with Crippen LogP contribution in [0.2, 0.25) is 10.0 Å². The lowest BCUT2D eigenvalue weighted by atomic mass is 10.1. The first kappa shape index (κ1) is 18.0. The Bertz CT molecular complexity index is 1010. The molecule has 0 unspecified atom stereocenters. The molecule has 0 fully saturated rings. The molecule has 0 saturated carbocycles. The third-order valence-corrected chi connectivity index (χ3v) is 5.56. The van der Waals surface area contributed by atoms with E-state index in [0.717, 1.165) is 4.47 Å². The molecule has 0 aliphatic heterocycles. The predicted molar refractivity (Wildman–Crippen MR) is 106 cm³/mol. The summed E-state index contributed by atoms with van der Waals surface area (Å²) in [7, 11) is 0. The van der Waals surface area contributed by atoms with Crippen LogP contribution >= 0.6 is 50.5 Å². The van der Waals surface area contributed by atoms with E-state index in [1.165, 1.54) is 11.3 Å². The zero-order chi connectivity index (χ0) is 18.0. The number of ketones is 1. The van der Waals surface area contributed by atoms with E-state index >= 15 is 0 Å². The van der Waals surface area contributed by atoms with Gasteiger partial charge in [0.15, 0.2) is 0 Å². The van der Waals surface area contributed by atoms with Crippen LogP contribution in [-0.2, 0) is 0 Å². The number of nitriles is 1. The van der Waals surface area contributed by atoms with Gasteiger partial charge < -0.3 is 5.32 Å². The minimum Gasteiger partial charge on any atom is -0.354 e. The zero-order valence-electron chi connectivity index (χ0n) is 12.5. The van der Waals surface area contributed by atoms with Gasteiger partial charge in [-0.05, 0) is 47.8 Å². The van der Waals surface area contributed by atoms with Crippen LogP contribution in [0.15, 0.2) is 52.3 Å². The molecule has 0 aliphatic carbocycles. The van der Waals surface area contributed by atoms with Crippen LogP contribution in [0.4, 0.5) is 11.4 Å². The van der Waals surface area contributed by atoms with Gasteiger partial charge in [-0.15, -0.1) is 11.3 Å². The van der Waals surface area contributed by atoms with Crippen molar-refractivity contribution in [2.24, 2.45) is 0 Å². The number of benzene rings is 2. The lowest BCUT2D eigenvalue weighted by Crippen LogP contribution is -2.01. The first-order chi connectivity index (χ1) is 12.0. The van der Waals surface area contributed by atoms with Gasteiger partial charge in [-0.25, -0.2) is 0 Å². The van der Waals surface area contributed by atoms with Gasteiger partial charge in [0, 0.05) is 15.7 Å². The molecule has 1 aromatic heterocycles. The number of rotatable bonds is 4. The SMILES string of the molecule is N#Cc1cc(Br)ccc1Nc1ccc(C(=O)c2sccc2Cl)c(Cl)c1. The van der Waals surface area contributed by atoms with Crippen LogP contribution in [0.1, 0.15) is 20.8 Å². The first-order valence-electron chi connectivity index (χ1n) is 7.03. The quantitative estimate of drug-likeness (QED) is 0.451. The van der Waals surface area contributed by atoms with E-state index in [1.807, 2.05) is 6.07 Å². The monoisotopic (exact) mass is 450 g/mol. The summed E-state index contributed by atoms with van der Waals surface area (Å²) < 4.78 is 0.821. The van der Waals surface area contributed by atoms with Crippen molar-refractivity contribution in [2.45, 2.75) is 0 Å². The van der Waals surface area contributed by atoms with Crippen molar-refractivity contribution < 1.29 is 4.79 Å². The Labute approximate surface area is 166 Å². The normalized spacial score (nSPS) is 10.3. The Kier molecular flexibility index (Phi) is 5.45. The highest BCUT2D eigenvalue weighted by Gasteiger charge is 2.17. The maximum absolute atomic E-state index is 12.5. The maximum atomic E-state index is 12.5. The van der Waals surface area contributed by atoms with Crippen molar-refractivity contribution >= 4 is 67.6 Å². The summed E-state index contributed by atoms with van der Waals surface area (Å²) in [5.74, 6) is -0.210. The van der Waals surface area contributed by atoms with Gasteiger partial charge in [0.1, 0.15) is 6.07 Å². The third kappa shape index (κ3) is 3.88. The summed E-state index contributed by atoms with van der Waals surface area (Å²) in [5, 5.41) is 14.9. The Balaban J connectivity index is 1.89. The van der Waals surface area contributed by atoms with Gasteiger partial charge in [0.25, 0.3) is 0 Å². The van der Waals surface area contributed by atoms with Gasteiger partial charge in [-0.1, -0.05) is 39.1 Å². The Hall–Kier alpha value is -1.84. The van der Waals surface area contributed by atoms with Crippen molar-refractivity contribution in [1.82, 2.24) is 0 Å². The molecule has 3 nitrogen and oxygen atoms in total. The minimum atomic E-state index is -0.210. The molecular weight excluding hydrogens is 443 g/mol. The predicted octanol–water partition coefficient (Wildman–Crippen LogP) is 6.66. The number of carbonyl (C=O) groups is 1. The lowest BCUT2D eigenvalue weighted by molar-refractivity contribution is 0.104. The van der Waals surface area contributed by atoms with Crippen molar-refractivity contribution in [2.75, 3.05) is 5.32 Å². The van der Waals surface area contributed by atoms with Gasteiger partial charge in [-0.2, -0.15) is 5.26 Å². The standard InChI is InChI=1S/C18H9BrCl2N2OS/c19-11-1-4-16(10(7-11)9-22)23-12-2-3-13(15(21)8-12)17(24)18-14(20)5-6-25-18/h1-8,23H. The summed E-state index contributed by atoms with van der Waals surface area (Å²) in [4.78, 5) is 13.0. The molecule has 7 heteroatoms. The van der Waals surface area contributed by atoms with Gasteiger partial charge in [-0.3, -0.25) is 4.79 Å². The second-order valence-electron chi connectivity index (χ2n) is 5.05. The number of anilines is 2. The average molecular weight is 452 g/mol. The number of hydrogen-bond acceptors (Lipinski definition) is 4. The Morgan fingerprint density at radius 1 is 1.12 bits per heavy atom. The van der Waals surface area contributed by atoms with Crippen LogP contribution in [0.5, 0.6) is 0 Å². The van der Waals surface area contributed by atoms with E-state index < -0.39 is 0 Å². The van der Waals surface area contributed by atoms with Crippen molar-refractivity contribution in [1.29, 1.82) is 5.26 Å². The maximum Gasteiger partial charge on any atom is 0.205 e. The van der Waals surface area contributed by atoms with Crippen LogP contribution in [0.3, 0.4) is 0 Å². The average Bonchev–Trinajstić information content (AvgIpc) is 3.02. The highest BCUT2D eigenvalue weighted by Crippen LogP contribution is 2.31. The number of hydrogen-bond donors (Lipinski definition) is 1. The molecule has 0 saturated heterocycles.